The van der Waals surface area contributed by atoms with Crippen LogP contribution in [0.3, 0.4) is 0 Å². The Bertz CT molecular complexity index is 961. The minimum atomic E-state index is 0.330. The molecule has 0 saturated carbocycles. The Morgan fingerprint density at radius 2 is 1.43 bits per heavy atom. The standard InChI is InChI=1S/C24H24Cl2N2/c1-15(2)21-12-19(26)13-22(16(3)4)24(21)27-14-20-6-5-7-23(28-20)17-8-10-18(25)11-9-17/h5-16H,1-4H3/b27-14-. The molecule has 1 aromatic heterocycles. The molecule has 0 aliphatic carbocycles. The van der Waals surface area contributed by atoms with E-state index >= 15 is 0 Å². The van der Waals surface area contributed by atoms with Crippen molar-refractivity contribution < 1.29 is 0 Å². The predicted octanol–water partition coefficient (Wildman–Crippen LogP) is 8.05. The van der Waals surface area contributed by atoms with Crippen molar-refractivity contribution in [1.82, 2.24) is 4.98 Å². The highest BCUT2D eigenvalue weighted by Crippen LogP contribution is 2.37. The zero-order valence-corrected chi connectivity index (χ0v) is 18.1. The molecule has 0 bridgehead atoms. The summed E-state index contributed by atoms with van der Waals surface area (Å²) in [6.07, 6.45) is 1.83. The summed E-state index contributed by atoms with van der Waals surface area (Å²) in [6.45, 7) is 8.64. The molecule has 0 aliphatic rings. The van der Waals surface area contributed by atoms with Crippen LogP contribution in [0.1, 0.15) is 56.4 Å². The van der Waals surface area contributed by atoms with Crippen LogP contribution in [0, 0.1) is 0 Å². The maximum Gasteiger partial charge on any atom is 0.0820 e. The number of hydrogen-bond donors (Lipinski definition) is 0. The number of rotatable bonds is 5. The summed E-state index contributed by atoms with van der Waals surface area (Å²) in [7, 11) is 0. The topological polar surface area (TPSA) is 25.2 Å². The second kappa shape index (κ2) is 8.89. The predicted molar refractivity (Wildman–Crippen MR) is 122 cm³/mol. The first-order valence-corrected chi connectivity index (χ1v) is 10.2. The van der Waals surface area contributed by atoms with Crippen molar-refractivity contribution in [3.05, 3.63) is 81.5 Å². The van der Waals surface area contributed by atoms with Gasteiger partial charge in [-0.2, -0.15) is 0 Å². The molecule has 3 aromatic rings. The minimum absolute atomic E-state index is 0.330. The van der Waals surface area contributed by atoms with Gasteiger partial charge in [-0.15, -0.1) is 0 Å². The minimum Gasteiger partial charge on any atom is -0.254 e. The quantitative estimate of drug-likeness (QED) is 0.390. The van der Waals surface area contributed by atoms with Crippen molar-refractivity contribution in [2.24, 2.45) is 4.99 Å². The van der Waals surface area contributed by atoms with Crippen molar-refractivity contribution in [3.63, 3.8) is 0 Å². The van der Waals surface area contributed by atoms with Crippen LogP contribution in [0.2, 0.25) is 10.0 Å². The van der Waals surface area contributed by atoms with Crippen LogP contribution in [0.15, 0.2) is 59.6 Å². The number of aromatic nitrogens is 1. The van der Waals surface area contributed by atoms with Crippen LogP contribution < -0.4 is 0 Å². The van der Waals surface area contributed by atoms with E-state index in [1.165, 1.54) is 0 Å². The number of nitrogens with zero attached hydrogens (tertiary/aromatic N) is 2. The van der Waals surface area contributed by atoms with Crippen LogP contribution >= 0.6 is 23.2 Å². The molecule has 144 valence electrons. The molecule has 0 radical (unpaired) electrons. The first-order valence-electron chi connectivity index (χ1n) is 9.45. The summed E-state index contributed by atoms with van der Waals surface area (Å²) in [5, 5.41) is 1.47. The Labute approximate surface area is 177 Å². The number of hydrogen-bond acceptors (Lipinski definition) is 2. The summed E-state index contributed by atoms with van der Waals surface area (Å²) < 4.78 is 0. The van der Waals surface area contributed by atoms with Crippen LogP contribution in [0.5, 0.6) is 0 Å². The number of benzene rings is 2. The molecule has 2 nitrogen and oxygen atoms in total. The van der Waals surface area contributed by atoms with Gasteiger partial charge in [-0.3, -0.25) is 4.99 Å². The first-order chi connectivity index (χ1) is 13.3. The van der Waals surface area contributed by atoms with E-state index in [1.807, 2.05) is 60.8 Å². The molecule has 0 N–H and O–H groups in total. The molecule has 4 heteroatoms. The summed E-state index contributed by atoms with van der Waals surface area (Å²) in [4.78, 5) is 9.58. The Balaban J connectivity index is 2.00. The van der Waals surface area contributed by atoms with Gasteiger partial charge in [-0.05, 0) is 59.4 Å². The molecule has 0 amide bonds. The summed E-state index contributed by atoms with van der Waals surface area (Å²) >= 11 is 12.3. The Hall–Kier alpha value is -2.16. The molecule has 2 aromatic carbocycles. The highest BCUT2D eigenvalue weighted by atomic mass is 35.5. The maximum absolute atomic E-state index is 6.35. The fourth-order valence-corrected chi connectivity index (χ4v) is 3.47. The number of pyridine rings is 1. The molecular weight excluding hydrogens is 387 g/mol. The van der Waals surface area contributed by atoms with E-state index in [-0.39, 0.29) is 0 Å². The molecule has 0 unspecified atom stereocenters. The van der Waals surface area contributed by atoms with Crippen molar-refractivity contribution in [2.75, 3.05) is 0 Å². The Kier molecular flexibility index (Phi) is 6.53. The Morgan fingerprint density at radius 1 is 0.821 bits per heavy atom. The summed E-state index contributed by atoms with van der Waals surface area (Å²) in [5.41, 5.74) is 6.03. The van der Waals surface area contributed by atoms with Gasteiger partial charge in [0, 0.05) is 15.6 Å². The summed E-state index contributed by atoms with van der Waals surface area (Å²) in [6, 6.07) is 17.7. The molecule has 28 heavy (non-hydrogen) atoms. The van der Waals surface area contributed by atoms with E-state index in [0.717, 1.165) is 38.8 Å². The lowest BCUT2D eigenvalue weighted by Gasteiger charge is -2.17. The normalized spacial score (nSPS) is 11.7. The average molecular weight is 411 g/mol. The van der Waals surface area contributed by atoms with E-state index in [4.69, 9.17) is 33.2 Å². The fraction of sp³-hybridized carbons (Fsp3) is 0.250. The lowest BCUT2D eigenvalue weighted by atomic mass is 9.93. The third kappa shape index (κ3) is 4.81. The van der Waals surface area contributed by atoms with Gasteiger partial charge in [0.05, 0.1) is 23.3 Å². The van der Waals surface area contributed by atoms with E-state index in [1.54, 1.807) is 0 Å². The van der Waals surface area contributed by atoms with Crippen molar-refractivity contribution in [3.8, 4) is 11.3 Å². The lowest BCUT2D eigenvalue weighted by Crippen LogP contribution is -1.97. The lowest BCUT2D eigenvalue weighted by molar-refractivity contribution is 0.835. The van der Waals surface area contributed by atoms with E-state index in [9.17, 15) is 0 Å². The molecule has 0 spiro atoms. The Morgan fingerprint density at radius 3 is 2.00 bits per heavy atom. The van der Waals surface area contributed by atoms with Crippen LogP contribution in [-0.4, -0.2) is 11.2 Å². The molecule has 0 atom stereocenters. The van der Waals surface area contributed by atoms with E-state index in [0.29, 0.717) is 16.9 Å². The monoisotopic (exact) mass is 410 g/mol. The van der Waals surface area contributed by atoms with Crippen LogP contribution in [-0.2, 0) is 0 Å². The smallest absolute Gasteiger partial charge is 0.0820 e. The zero-order valence-electron chi connectivity index (χ0n) is 16.6. The molecular formula is C24H24Cl2N2. The zero-order chi connectivity index (χ0) is 20.3. The highest BCUT2D eigenvalue weighted by Gasteiger charge is 2.15. The fourth-order valence-electron chi connectivity index (χ4n) is 3.11. The summed E-state index contributed by atoms with van der Waals surface area (Å²) in [5.74, 6) is 0.661. The van der Waals surface area contributed by atoms with Gasteiger partial charge in [-0.1, -0.05) is 69.1 Å². The second-order valence-electron chi connectivity index (χ2n) is 7.46. The van der Waals surface area contributed by atoms with Crippen molar-refractivity contribution in [1.29, 1.82) is 0 Å². The third-order valence-electron chi connectivity index (χ3n) is 4.61. The number of aliphatic imine (C=N–C) groups is 1. The largest absolute Gasteiger partial charge is 0.254 e. The third-order valence-corrected chi connectivity index (χ3v) is 5.08. The van der Waals surface area contributed by atoms with Gasteiger partial charge in [0.1, 0.15) is 0 Å². The van der Waals surface area contributed by atoms with Crippen LogP contribution in [0.25, 0.3) is 11.3 Å². The average Bonchev–Trinajstić information content (AvgIpc) is 2.67. The first kappa shape index (κ1) is 20.6. The molecule has 3 rings (SSSR count). The van der Waals surface area contributed by atoms with Crippen molar-refractivity contribution >= 4 is 35.1 Å². The maximum atomic E-state index is 6.35. The van der Waals surface area contributed by atoms with E-state index < -0.39 is 0 Å². The van der Waals surface area contributed by atoms with Gasteiger partial charge >= 0.3 is 0 Å². The van der Waals surface area contributed by atoms with Crippen molar-refractivity contribution in [2.45, 2.75) is 39.5 Å². The number of halogens is 2. The molecule has 0 aliphatic heterocycles. The SMILES string of the molecule is CC(C)c1cc(Cl)cc(C(C)C)c1/N=C\c1cccc(-c2ccc(Cl)cc2)n1. The molecule has 0 saturated heterocycles. The highest BCUT2D eigenvalue weighted by molar-refractivity contribution is 6.31. The van der Waals surface area contributed by atoms with Gasteiger partial charge in [0.15, 0.2) is 0 Å². The molecule has 0 fully saturated rings. The molecule has 1 heterocycles. The van der Waals surface area contributed by atoms with Gasteiger partial charge < -0.3 is 0 Å². The van der Waals surface area contributed by atoms with Gasteiger partial charge in [-0.25, -0.2) is 4.98 Å². The van der Waals surface area contributed by atoms with E-state index in [2.05, 4.69) is 27.7 Å². The van der Waals surface area contributed by atoms with Crippen LogP contribution in [0.4, 0.5) is 5.69 Å². The second-order valence-corrected chi connectivity index (χ2v) is 8.33. The van der Waals surface area contributed by atoms with Gasteiger partial charge in [0.25, 0.3) is 0 Å². The van der Waals surface area contributed by atoms with Gasteiger partial charge in [0.2, 0.25) is 0 Å².